The van der Waals surface area contributed by atoms with E-state index in [-0.39, 0.29) is 0 Å². The van der Waals surface area contributed by atoms with Gasteiger partial charge < -0.3 is 10.3 Å². The van der Waals surface area contributed by atoms with Gasteiger partial charge in [0.25, 0.3) is 0 Å². The van der Waals surface area contributed by atoms with Crippen molar-refractivity contribution < 1.29 is 0 Å². The van der Waals surface area contributed by atoms with Crippen LogP contribution < -0.4 is 5.32 Å². The van der Waals surface area contributed by atoms with E-state index in [1.165, 1.54) is 10.9 Å². The molecule has 0 spiro atoms. The van der Waals surface area contributed by atoms with Gasteiger partial charge in [-0.3, -0.25) is 0 Å². The van der Waals surface area contributed by atoms with E-state index in [0.717, 1.165) is 15.7 Å². The number of aromatic amines is 1. The van der Waals surface area contributed by atoms with Gasteiger partial charge in [-0.05, 0) is 57.2 Å². The molecule has 5 heteroatoms. The molecule has 0 fully saturated rings. The van der Waals surface area contributed by atoms with E-state index in [0.29, 0.717) is 16.6 Å². The van der Waals surface area contributed by atoms with Crippen LogP contribution >= 0.6 is 39.1 Å². The Kier molecular flexibility index (Phi) is 3.92. The SMILES string of the molecule is Clc1c(Br)ccc(NCc2ccc3[nH]ccc3c2)c1Cl. The predicted octanol–water partition coefficient (Wildman–Crippen LogP) is 5.85. The number of halogens is 3. The number of anilines is 1. The fourth-order valence-electron chi connectivity index (χ4n) is 2.07. The summed E-state index contributed by atoms with van der Waals surface area (Å²) in [6.45, 7) is 0.693. The molecule has 2 nitrogen and oxygen atoms in total. The Bertz CT molecular complexity index is 768. The maximum Gasteiger partial charge on any atom is 0.0835 e. The first-order valence-corrected chi connectivity index (χ1v) is 7.63. The van der Waals surface area contributed by atoms with Crippen LogP contribution in [0.25, 0.3) is 10.9 Å². The Morgan fingerprint density at radius 1 is 1.05 bits per heavy atom. The van der Waals surface area contributed by atoms with Crippen molar-refractivity contribution in [3.63, 3.8) is 0 Å². The molecule has 102 valence electrons. The van der Waals surface area contributed by atoms with Crippen LogP contribution in [0, 0.1) is 0 Å². The number of H-pyrrole nitrogens is 1. The number of benzene rings is 2. The van der Waals surface area contributed by atoms with Crippen LogP contribution in [0.3, 0.4) is 0 Å². The smallest absolute Gasteiger partial charge is 0.0835 e. The topological polar surface area (TPSA) is 27.8 Å². The summed E-state index contributed by atoms with van der Waals surface area (Å²) in [6, 6.07) is 12.2. The van der Waals surface area contributed by atoms with Crippen molar-refractivity contribution in [3.05, 3.63) is 62.7 Å². The highest BCUT2D eigenvalue weighted by atomic mass is 79.9. The third-order valence-electron chi connectivity index (χ3n) is 3.14. The van der Waals surface area contributed by atoms with Gasteiger partial charge in [0, 0.05) is 22.7 Å². The average molecular weight is 370 g/mol. The molecule has 1 aromatic heterocycles. The quantitative estimate of drug-likeness (QED) is 0.557. The van der Waals surface area contributed by atoms with Crippen molar-refractivity contribution in [2.75, 3.05) is 5.32 Å². The summed E-state index contributed by atoms with van der Waals surface area (Å²) in [4.78, 5) is 3.18. The minimum atomic E-state index is 0.526. The Hall–Kier alpha value is -1.16. The van der Waals surface area contributed by atoms with Gasteiger partial charge in [0.15, 0.2) is 0 Å². The summed E-state index contributed by atoms with van der Waals surface area (Å²) >= 11 is 15.7. The van der Waals surface area contributed by atoms with E-state index < -0.39 is 0 Å². The summed E-state index contributed by atoms with van der Waals surface area (Å²) < 4.78 is 0.795. The van der Waals surface area contributed by atoms with Crippen molar-refractivity contribution in [1.29, 1.82) is 0 Å². The number of hydrogen-bond donors (Lipinski definition) is 2. The molecule has 0 aliphatic carbocycles. The summed E-state index contributed by atoms with van der Waals surface area (Å²) in [5.41, 5.74) is 3.15. The minimum Gasteiger partial charge on any atom is -0.380 e. The fourth-order valence-corrected chi connectivity index (χ4v) is 2.91. The Labute approximate surface area is 135 Å². The van der Waals surface area contributed by atoms with Crippen molar-refractivity contribution >= 4 is 55.7 Å². The normalized spacial score (nSPS) is 10.9. The number of rotatable bonds is 3. The monoisotopic (exact) mass is 368 g/mol. The zero-order valence-electron chi connectivity index (χ0n) is 10.4. The second kappa shape index (κ2) is 5.68. The zero-order chi connectivity index (χ0) is 14.1. The van der Waals surface area contributed by atoms with E-state index in [9.17, 15) is 0 Å². The number of hydrogen-bond acceptors (Lipinski definition) is 1. The molecule has 0 bridgehead atoms. The molecule has 3 aromatic rings. The number of fused-ring (bicyclic) bond motifs is 1. The van der Waals surface area contributed by atoms with Crippen molar-refractivity contribution in [2.24, 2.45) is 0 Å². The van der Waals surface area contributed by atoms with Gasteiger partial charge in [0.1, 0.15) is 0 Å². The van der Waals surface area contributed by atoms with Crippen LogP contribution in [-0.4, -0.2) is 4.98 Å². The molecule has 0 saturated heterocycles. The van der Waals surface area contributed by atoms with Crippen LogP contribution in [0.15, 0.2) is 47.1 Å². The molecule has 0 aliphatic rings. The Morgan fingerprint density at radius 3 is 2.75 bits per heavy atom. The molecule has 20 heavy (non-hydrogen) atoms. The van der Waals surface area contributed by atoms with Crippen LogP contribution in [0.2, 0.25) is 10.0 Å². The first kappa shape index (κ1) is 13.8. The first-order chi connectivity index (χ1) is 9.65. The van der Waals surface area contributed by atoms with Crippen LogP contribution in [0.4, 0.5) is 5.69 Å². The van der Waals surface area contributed by atoms with Gasteiger partial charge in [-0.15, -0.1) is 0 Å². The molecule has 0 atom stereocenters. The van der Waals surface area contributed by atoms with Gasteiger partial charge in [0.05, 0.1) is 15.7 Å². The highest BCUT2D eigenvalue weighted by Gasteiger charge is 2.08. The van der Waals surface area contributed by atoms with Crippen LogP contribution in [0.1, 0.15) is 5.56 Å². The van der Waals surface area contributed by atoms with Crippen molar-refractivity contribution in [1.82, 2.24) is 4.98 Å². The molecular weight excluding hydrogens is 359 g/mol. The van der Waals surface area contributed by atoms with Gasteiger partial charge in [-0.1, -0.05) is 29.3 Å². The summed E-state index contributed by atoms with van der Waals surface area (Å²) in [5, 5.41) is 5.56. The molecule has 0 amide bonds. The highest BCUT2D eigenvalue weighted by Crippen LogP contribution is 2.36. The summed E-state index contributed by atoms with van der Waals surface area (Å²) in [6.07, 6.45) is 1.94. The Balaban J connectivity index is 1.80. The third kappa shape index (κ3) is 2.66. The average Bonchev–Trinajstić information content (AvgIpc) is 2.91. The number of nitrogens with one attached hydrogen (secondary N) is 2. The maximum absolute atomic E-state index is 6.21. The number of aromatic nitrogens is 1. The molecule has 0 saturated carbocycles. The molecule has 0 aliphatic heterocycles. The molecular formula is C15H11BrCl2N2. The van der Waals surface area contributed by atoms with E-state index in [2.05, 4.69) is 50.5 Å². The molecule has 0 unspecified atom stereocenters. The Morgan fingerprint density at radius 2 is 1.90 bits per heavy atom. The van der Waals surface area contributed by atoms with Gasteiger partial charge in [-0.25, -0.2) is 0 Å². The van der Waals surface area contributed by atoms with Crippen LogP contribution in [-0.2, 0) is 6.54 Å². The van der Waals surface area contributed by atoms with Crippen molar-refractivity contribution in [2.45, 2.75) is 6.54 Å². The second-order valence-corrected chi connectivity index (χ2v) is 6.09. The molecule has 1 heterocycles. The lowest BCUT2D eigenvalue weighted by Gasteiger charge is -2.10. The van der Waals surface area contributed by atoms with Gasteiger partial charge >= 0.3 is 0 Å². The van der Waals surface area contributed by atoms with E-state index >= 15 is 0 Å². The second-order valence-electron chi connectivity index (χ2n) is 4.48. The minimum absolute atomic E-state index is 0.526. The van der Waals surface area contributed by atoms with Crippen molar-refractivity contribution in [3.8, 4) is 0 Å². The lowest BCUT2D eigenvalue weighted by atomic mass is 10.1. The van der Waals surface area contributed by atoms with Gasteiger partial charge in [0.2, 0.25) is 0 Å². The van der Waals surface area contributed by atoms with Crippen LogP contribution in [0.5, 0.6) is 0 Å². The van der Waals surface area contributed by atoms with E-state index in [1.807, 2.05) is 18.3 Å². The van der Waals surface area contributed by atoms with E-state index in [1.54, 1.807) is 0 Å². The molecule has 2 N–H and O–H groups in total. The lowest BCUT2D eigenvalue weighted by Crippen LogP contribution is -2.00. The largest absolute Gasteiger partial charge is 0.380 e. The van der Waals surface area contributed by atoms with E-state index in [4.69, 9.17) is 23.2 Å². The fraction of sp³-hybridized carbons (Fsp3) is 0.0667. The standard InChI is InChI=1S/C15H11BrCl2N2/c16-11-2-4-13(15(18)14(11)17)20-8-9-1-3-12-10(7-9)5-6-19-12/h1-7,19-20H,8H2. The molecule has 2 aromatic carbocycles. The lowest BCUT2D eigenvalue weighted by molar-refractivity contribution is 1.15. The maximum atomic E-state index is 6.21. The first-order valence-electron chi connectivity index (χ1n) is 6.08. The summed E-state index contributed by atoms with van der Waals surface area (Å²) in [7, 11) is 0. The summed E-state index contributed by atoms with van der Waals surface area (Å²) in [5.74, 6) is 0. The van der Waals surface area contributed by atoms with Gasteiger partial charge in [-0.2, -0.15) is 0 Å². The predicted molar refractivity (Wildman–Crippen MR) is 89.8 cm³/mol. The zero-order valence-corrected chi connectivity index (χ0v) is 13.5. The highest BCUT2D eigenvalue weighted by molar-refractivity contribution is 9.10. The molecule has 0 radical (unpaired) electrons. The molecule has 3 rings (SSSR count). The third-order valence-corrected chi connectivity index (χ3v) is 4.91.